The topological polar surface area (TPSA) is 64.1 Å². The Morgan fingerprint density at radius 2 is 1.52 bits per heavy atom. The third-order valence-electron chi connectivity index (χ3n) is 3.35. The quantitative estimate of drug-likeness (QED) is 0.474. The average Bonchev–Trinajstić information content (AvgIpc) is 3.17. The molecule has 4 aromatic heterocycles. The Hall–Kier alpha value is -1.90. The number of ether oxygens (including phenoxy) is 1. The number of nitrogens with zero attached hydrogens (tertiary/aromatic N) is 4. The smallest absolute Gasteiger partial charge is 0.218 e. The first-order valence-corrected chi connectivity index (χ1v) is 8.60. The number of imidazole rings is 2. The van der Waals surface area contributed by atoms with E-state index in [0.717, 1.165) is 31.8 Å². The van der Waals surface area contributed by atoms with Crippen molar-refractivity contribution < 1.29 is 9.84 Å². The molecule has 6 nitrogen and oxygen atoms in total. The van der Waals surface area contributed by atoms with Crippen molar-refractivity contribution in [3.8, 4) is 5.88 Å². The second-order valence-corrected chi connectivity index (χ2v) is 6.69. The monoisotopic (exact) mass is 468 g/mol. The summed E-state index contributed by atoms with van der Waals surface area (Å²) in [5.74, 6) is 0.742. The van der Waals surface area contributed by atoms with Gasteiger partial charge >= 0.3 is 0 Å². The highest BCUT2D eigenvalue weighted by Crippen LogP contribution is 2.17. The molecule has 0 bridgehead atoms. The Balaban J connectivity index is 0.000000173. The van der Waals surface area contributed by atoms with Crippen molar-refractivity contribution in [2.45, 2.75) is 14.0 Å². The van der Waals surface area contributed by atoms with Crippen LogP contribution in [0.4, 0.5) is 0 Å². The largest absolute Gasteiger partial charge is 0.481 e. The number of aliphatic hydroxyl groups is 1. The Morgan fingerprint density at radius 3 is 2.12 bits per heavy atom. The molecule has 132 valence electrons. The summed E-state index contributed by atoms with van der Waals surface area (Å²) in [7, 11) is 1.63. The highest BCUT2D eigenvalue weighted by molar-refractivity contribution is 9.10. The lowest BCUT2D eigenvalue weighted by Crippen LogP contribution is -1.91. The molecule has 8 heteroatoms. The molecule has 1 N–H and O–H groups in total. The molecule has 0 saturated carbocycles. The second-order valence-electron chi connectivity index (χ2n) is 4.86. The summed E-state index contributed by atoms with van der Waals surface area (Å²) in [5.41, 5.74) is 2.53. The fraction of sp³-hybridized carbons (Fsp3) is 0.176. The summed E-state index contributed by atoms with van der Waals surface area (Å²) in [6, 6.07) is 7.68. The highest BCUT2D eigenvalue weighted by Gasteiger charge is 2.02. The zero-order valence-corrected chi connectivity index (χ0v) is 15.9. The Bertz CT molecular complexity index is 901. The molecule has 0 aliphatic rings. The third kappa shape index (κ3) is 4.20. The van der Waals surface area contributed by atoms with Gasteiger partial charge in [-0.05, 0) is 56.1 Å². The van der Waals surface area contributed by atoms with Crippen molar-refractivity contribution in [1.29, 1.82) is 0 Å². The Morgan fingerprint density at radius 1 is 0.960 bits per heavy atom. The highest BCUT2D eigenvalue weighted by atomic mass is 79.9. The molecule has 0 amide bonds. The first-order valence-electron chi connectivity index (χ1n) is 7.01. The van der Waals surface area contributed by atoms with Crippen LogP contribution in [0.15, 0.2) is 58.0 Å². The van der Waals surface area contributed by atoms with E-state index < -0.39 is 0 Å². The zero-order chi connectivity index (χ0) is 17.1. The third-order valence-corrected chi connectivity index (χ3v) is 4.29. The molecular weight excluding hydrogens is 452 g/mol. The molecule has 0 saturated heterocycles. The second kappa shape index (κ2) is 8.46. The van der Waals surface area contributed by atoms with Crippen LogP contribution < -0.4 is 4.74 Å². The van der Waals surface area contributed by atoms with E-state index in [1.165, 1.54) is 0 Å². The molecule has 0 aliphatic heterocycles. The van der Waals surface area contributed by atoms with Gasteiger partial charge in [-0.15, -0.1) is 0 Å². The van der Waals surface area contributed by atoms with E-state index in [1.807, 2.05) is 45.5 Å². The molecular formula is C17H18Br2N4O2. The van der Waals surface area contributed by atoms with Gasteiger partial charge in [-0.1, -0.05) is 7.43 Å². The van der Waals surface area contributed by atoms with Crippen LogP contribution >= 0.6 is 31.9 Å². The number of halogens is 2. The maximum atomic E-state index is 8.94. The van der Waals surface area contributed by atoms with E-state index in [1.54, 1.807) is 19.5 Å². The van der Waals surface area contributed by atoms with Gasteiger partial charge in [-0.3, -0.25) is 4.40 Å². The van der Waals surface area contributed by atoms with E-state index in [9.17, 15) is 0 Å². The fourth-order valence-corrected chi connectivity index (χ4v) is 2.88. The predicted octanol–water partition coefficient (Wildman–Crippen LogP) is 4.33. The maximum absolute atomic E-state index is 8.94. The number of methoxy groups -OCH3 is 1. The van der Waals surface area contributed by atoms with Crippen molar-refractivity contribution in [2.24, 2.45) is 0 Å². The minimum absolute atomic E-state index is 0. The molecule has 4 aromatic rings. The number of fused-ring (bicyclic) bond motifs is 2. The first-order chi connectivity index (χ1) is 11.6. The van der Waals surface area contributed by atoms with Crippen molar-refractivity contribution >= 4 is 43.2 Å². The van der Waals surface area contributed by atoms with Gasteiger partial charge < -0.3 is 14.2 Å². The summed E-state index contributed by atoms with van der Waals surface area (Å²) in [6.07, 6.45) is 7.17. The van der Waals surface area contributed by atoms with Crippen molar-refractivity contribution in [3.05, 3.63) is 63.7 Å². The van der Waals surface area contributed by atoms with Crippen molar-refractivity contribution in [2.75, 3.05) is 7.11 Å². The molecule has 0 aromatic carbocycles. The predicted molar refractivity (Wildman–Crippen MR) is 105 cm³/mol. The summed E-state index contributed by atoms with van der Waals surface area (Å²) in [4.78, 5) is 8.26. The van der Waals surface area contributed by atoms with E-state index in [0.29, 0.717) is 0 Å². The summed E-state index contributed by atoms with van der Waals surface area (Å²) < 4.78 is 10.8. The summed E-state index contributed by atoms with van der Waals surface area (Å²) in [5, 5.41) is 8.94. The van der Waals surface area contributed by atoms with Gasteiger partial charge in [0.2, 0.25) is 5.88 Å². The number of hydrogen-bond donors (Lipinski definition) is 1. The lowest BCUT2D eigenvalue weighted by molar-refractivity contribution is 0.276. The van der Waals surface area contributed by atoms with Crippen LogP contribution in [0.3, 0.4) is 0 Å². The van der Waals surface area contributed by atoms with Crippen LogP contribution in [-0.2, 0) is 6.61 Å². The Kier molecular flexibility index (Phi) is 6.57. The molecule has 0 fully saturated rings. The van der Waals surface area contributed by atoms with Crippen LogP contribution in [0.2, 0.25) is 0 Å². The fourth-order valence-electron chi connectivity index (χ4n) is 2.21. The minimum atomic E-state index is 0. The van der Waals surface area contributed by atoms with E-state index >= 15 is 0 Å². The van der Waals surface area contributed by atoms with Crippen molar-refractivity contribution in [1.82, 2.24) is 18.8 Å². The van der Waals surface area contributed by atoms with Gasteiger partial charge in [0, 0.05) is 21.3 Å². The van der Waals surface area contributed by atoms with Crippen LogP contribution in [0, 0.1) is 0 Å². The maximum Gasteiger partial charge on any atom is 0.218 e. The standard InChI is InChI=1S/2C8H7BrN2O.CH4/c1-12-8-4-10-7-3-2-6(9)5-11(7)8;9-6-1-2-8-10-3-7(5-12)11(8)4-6;/h2-5H,1H3;1-4,12H,5H2;1H4. The van der Waals surface area contributed by atoms with Gasteiger partial charge in [-0.2, -0.15) is 0 Å². The molecule has 0 unspecified atom stereocenters. The minimum Gasteiger partial charge on any atom is -0.481 e. The van der Waals surface area contributed by atoms with E-state index in [4.69, 9.17) is 9.84 Å². The number of rotatable bonds is 2. The molecule has 4 heterocycles. The number of aliphatic hydroxyl groups excluding tert-OH is 1. The molecule has 0 spiro atoms. The van der Waals surface area contributed by atoms with E-state index in [2.05, 4.69) is 41.8 Å². The van der Waals surface area contributed by atoms with E-state index in [-0.39, 0.29) is 14.0 Å². The number of hydrogen-bond acceptors (Lipinski definition) is 4. The van der Waals surface area contributed by atoms with Crippen LogP contribution in [0.1, 0.15) is 13.1 Å². The molecule has 0 atom stereocenters. The molecule has 0 aliphatic carbocycles. The lowest BCUT2D eigenvalue weighted by atomic mass is 10.4. The average molecular weight is 470 g/mol. The van der Waals surface area contributed by atoms with Crippen LogP contribution in [0.25, 0.3) is 11.3 Å². The molecule has 25 heavy (non-hydrogen) atoms. The summed E-state index contributed by atoms with van der Waals surface area (Å²) >= 11 is 6.73. The van der Waals surface area contributed by atoms with Crippen molar-refractivity contribution in [3.63, 3.8) is 0 Å². The molecule has 0 radical (unpaired) electrons. The SMILES string of the molecule is C.COc1cnc2ccc(Br)cn12.OCc1cnc2ccc(Br)cn12. The Labute approximate surface area is 162 Å². The number of pyridine rings is 2. The zero-order valence-electron chi connectivity index (χ0n) is 12.7. The van der Waals surface area contributed by atoms with Gasteiger partial charge in [0.25, 0.3) is 0 Å². The lowest BCUT2D eigenvalue weighted by Gasteiger charge is -1.98. The van der Waals surface area contributed by atoms with Gasteiger partial charge in [0.15, 0.2) is 0 Å². The summed E-state index contributed by atoms with van der Waals surface area (Å²) in [6.45, 7) is 0.0115. The number of aromatic nitrogens is 4. The molecule has 4 rings (SSSR count). The van der Waals surface area contributed by atoms with Gasteiger partial charge in [-0.25, -0.2) is 9.97 Å². The van der Waals surface area contributed by atoms with Gasteiger partial charge in [0.05, 0.1) is 31.8 Å². The normalized spacial score (nSPS) is 10.2. The van der Waals surface area contributed by atoms with Crippen LogP contribution in [0.5, 0.6) is 5.88 Å². The first kappa shape index (κ1) is 19.4. The van der Waals surface area contributed by atoms with Crippen LogP contribution in [-0.4, -0.2) is 31.0 Å². The van der Waals surface area contributed by atoms with Gasteiger partial charge in [0.1, 0.15) is 11.3 Å².